The fourth-order valence-corrected chi connectivity index (χ4v) is 3.58. The van der Waals surface area contributed by atoms with Crippen molar-refractivity contribution >= 4 is 23.4 Å². The summed E-state index contributed by atoms with van der Waals surface area (Å²) in [5, 5.41) is 9.29. The molecule has 3 aromatic rings. The topological polar surface area (TPSA) is 51.0 Å². The van der Waals surface area contributed by atoms with Crippen molar-refractivity contribution in [2.75, 3.05) is 17.2 Å². The lowest BCUT2D eigenvalue weighted by Crippen LogP contribution is -2.32. The molecule has 0 saturated carbocycles. The molecular weight excluding hydrogens is 344 g/mol. The van der Waals surface area contributed by atoms with Crippen molar-refractivity contribution in [3.63, 3.8) is 0 Å². The van der Waals surface area contributed by atoms with Gasteiger partial charge in [0.05, 0.1) is 5.75 Å². The van der Waals surface area contributed by atoms with Crippen molar-refractivity contribution in [1.29, 1.82) is 0 Å². The first-order valence-electron chi connectivity index (χ1n) is 8.54. The first kappa shape index (κ1) is 18.2. The number of hydrogen-bond acceptors (Lipinski definition) is 4. The molecule has 1 amide bonds. The second kappa shape index (κ2) is 8.19. The van der Waals surface area contributed by atoms with E-state index in [9.17, 15) is 4.79 Å². The van der Waals surface area contributed by atoms with Crippen LogP contribution in [0.2, 0.25) is 0 Å². The number of aryl methyl sites for hydroxylation is 1. The minimum atomic E-state index is 0.0591. The third-order valence-corrected chi connectivity index (χ3v) is 5.13. The van der Waals surface area contributed by atoms with Crippen LogP contribution in [0.15, 0.2) is 59.8 Å². The van der Waals surface area contributed by atoms with E-state index >= 15 is 0 Å². The molecular formula is C20H22N4OS. The third-order valence-electron chi connectivity index (χ3n) is 4.12. The molecule has 0 spiro atoms. The van der Waals surface area contributed by atoms with Gasteiger partial charge in [-0.15, -0.1) is 10.2 Å². The Bertz CT molecular complexity index is 892. The summed E-state index contributed by atoms with van der Waals surface area (Å²) in [6.07, 6.45) is 0. The van der Waals surface area contributed by atoms with Gasteiger partial charge in [-0.3, -0.25) is 4.79 Å². The predicted octanol–water partition coefficient (Wildman–Crippen LogP) is 3.94. The first-order chi connectivity index (χ1) is 12.6. The highest BCUT2D eigenvalue weighted by atomic mass is 32.2. The molecule has 1 heterocycles. The van der Waals surface area contributed by atoms with Crippen LogP contribution in [-0.4, -0.2) is 33.0 Å². The second-order valence-electron chi connectivity index (χ2n) is 6.00. The van der Waals surface area contributed by atoms with Gasteiger partial charge in [-0.1, -0.05) is 53.7 Å². The predicted molar refractivity (Wildman–Crippen MR) is 106 cm³/mol. The van der Waals surface area contributed by atoms with Crippen LogP contribution in [0.5, 0.6) is 0 Å². The summed E-state index contributed by atoms with van der Waals surface area (Å²) in [6, 6.07) is 17.9. The molecule has 2 aromatic carbocycles. The number of anilines is 1. The zero-order valence-electron chi connectivity index (χ0n) is 15.2. The molecule has 1 aromatic heterocycles. The standard InChI is InChI=1S/C20H22N4OS/c1-4-24(17-11-6-5-7-12-17)18(25)14-26-20-22-21-19(23(20)3)16-10-8-9-15(2)13-16/h5-13H,4,14H2,1-3H3. The van der Waals surface area contributed by atoms with E-state index in [1.54, 1.807) is 4.90 Å². The Kier molecular flexibility index (Phi) is 5.73. The molecule has 6 heteroatoms. The van der Waals surface area contributed by atoms with Gasteiger partial charge < -0.3 is 9.47 Å². The second-order valence-corrected chi connectivity index (χ2v) is 6.94. The lowest BCUT2D eigenvalue weighted by molar-refractivity contribution is -0.116. The number of thioether (sulfide) groups is 1. The Morgan fingerprint density at radius 2 is 1.88 bits per heavy atom. The number of hydrogen-bond donors (Lipinski definition) is 0. The number of nitrogens with zero attached hydrogens (tertiary/aromatic N) is 4. The highest BCUT2D eigenvalue weighted by molar-refractivity contribution is 7.99. The molecule has 0 atom stereocenters. The SMILES string of the molecule is CCN(C(=O)CSc1nnc(-c2cccc(C)c2)n1C)c1ccccc1. The zero-order chi connectivity index (χ0) is 18.5. The van der Waals surface area contributed by atoms with Crippen LogP contribution >= 0.6 is 11.8 Å². The number of para-hydroxylation sites is 1. The van der Waals surface area contributed by atoms with E-state index in [0.29, 0.717) is 12.3 Å². The average Bonchev–Trinajstić information content (AvgIpc) is 3.02. The fraction of sp³-hybridized carbons (Fsp3) is 0.250. The van der Waals surface area contributed by atoms with Crippen LogP contribution in [0.3, 0.4) is 0 Å². The molecule has 0 aliphatic heterocycles. The highest BCUT2D eigenvalue weighted by Crippen LogP contribution is 2.24. The summed E-state index contributed by atoms with van der Waals surface area (Å²) < 4.78 is 1.94. The van der Waals surface area contributed by atoms with Gasteiger partial charge in [0.1, 0.15) is 0 Å². The molecule has 0 aliphatic rings. The van der Waals surface area contributed by atoms with Gasteiger partial charge in [0.25, 0.3) is 0 Å². The quantitative estimate of drug-likeness (QED) is 0.620. The van der Waals surface area contributed by atoms with Gasteiger partial charge in [0, 0.05) is 24.8 Å². The molecule has 134 valence electrons. The molecule has 0 aliphatic carbocycles. The van der Waals surface area contributed by atoms with Crippen molar-refractivity contribution in [2.45, 2.75) is 19.0 Å². The minimum Gasteiger partial charge on any atom is -0.312 e. The summed E-state index contributed by atoms with van der Waals surface area (Å²) in [7, 11) is 1.93. The van der Waals surface area contributed by atoms with E-state index in [1.165, 1.54) is 17.3 Å². The van der Waals surface area contributed by atoms with Gasteiger partial charge in [-0.05, 0) is 32.0 Å². The van der Waals surface area contributed by atoms with Crippen molar-refractivity contribution in [3.8, 4) is 11.4 Å². The van der Waals surface area contributed by atoms with Crippen LogP contribution in [-0.2, 0) is 11.8 Å². The highest BCUT2D eigenvalue weighted by Gasteiger charge is 2.17. The first-order valence-corrected chi connectivity index (χ1v) is 9.53. The number of carbonyl (C=O) groups excluding carboxylic acids is 1. The van der Waals surface area contributed by atoms with Crippen molar-refractivity contribution < 1.29 is 4.79 Å². The number of carbonyl (C=O) groups is 1. The van der Waals surface area contributed by atoms with Gasteiger partial charge in [0.2, 0.25) is 5.91 Å². The summed E-state index contributed by atoms with van der Waals surface area (Å²) in [6.45, 7) is 4.67. The van der Waals surface area contributed by atoms with E-state index in [1.807, 2.05) is 61.0 Å². The third kappa shape index (κ3) is 3.96. The summed E-state index contributed by atoms with van der Waals surface area (Å²) in [5.41, 5.74) is 3.12. The Hall–Kier alpha value is -2.60. The van der Waals surface area contributed by atoms with Crippen molar-refractivity contribution in [1.82, 2.24) is 14.8 Å². The normalized spacial score (nSPS) is 10.7. The van der Waals surface area contributed by atoms with Crippen LogP contribution in [0.1, 0.15) is 12.5 Å². The Balaban J connectivity index is 1.71. The largest absolute Gasteiger partial charge is 0.312 e. The molecule has 0 unspecified atom stereocenters. The average molecular weight is 366 g/mol. The summed E-state index contributed by atoms with van der Waals surface area (Å²) in [5.74, 6) is 1.19. The molecule has 0 bridgehead atoms. The fourth-order valence-electron chi connectivity index (χ4n) is 2.79. The number of amides is 1. The van der Waals surface area contributed by atoms with E-state index < -0.39 is 0 Å². The number of rotatable bonds is 6. The monoisotopic (exact) mass is 366 g/mol. The van der Waals surface area contributed by atoms with Gasteiger partial charge >= 0.3 is 0 Å². The van der Waals surface area contributed by atoms with E-state index in [-0.39, 0.29) is 5.91 Å². The van der Waals surface area contributed by atoms with Crippen molar-refractivity contribution in [3.05, 3.63) is 60.2 Å². The Labute approximate surface area is 158 Å². The molecule has 3 rings (SSSR count). The lowest BCUT2D eigenvalue weighted by Gasteiger charge is -2.20. The van der Waals surface area contributed by atoms with E-state index in [4.69, 9.17) is 0 Å². The molecule has 26 heavy (non-hydrogen) atoms. The maximum atomic E-state index is 12.6. The summed E-state index contributed by atoms with van der Waals surface area (Å²) in [4.78, 5) is 14.4. The molecule has 0 fully saturated rings. The Morgan fingerprint density at radius 1 is 1.12 bits per heavy atom. The smallest absolute Gasteiger partial charge is 0.237 e. The van der Waals surface area contributed by atoms with E-state index in [0.717, 1.165) is 22.2 Å². The van der Waals surface area contributed by atoms with E-state index in [2.05, 4.69) is 29.3 Å². The van der Waals surface area contributed by atoms with Gasteiger partial charge in [-0.25, -0.2) is 0 Å². The maximum absolute atomic E-state index is 12.6. The van der Waals surface area contributed by atoms with Crippen LogP contribution in [0.4, 0.5) is 5.69 Å². The van der Waals surface area contributed by atoms with Crippen LogP contribution in [0, 0.1) is 6.92 Å². The summed E-state index contributed by atoms with van der Waals surface area (Å²) >= 11 is 1.41. The Morgan fingerprint density at radius 3 is 2.58 bits per heavy atom. The lowest BCUT2D eigenvalue weighted by atomic mass is 10.1. The zero-order valence-corrected chi connectivity index (χ0v) is 16.0. The van der Waals surface area contributed by atoms with Gasteiger partial charge in [0.15, 0.2) is 11.0 Å². The maximum Gasteiger partial charge on any atom is 0.237 e. The molecule has 0 saturated heterocycles. The van der Waals surface area contributed by atoms with Crippen LogP contribution in [0.25, 0.3) is 11.4 Å². The minimum absolute atomic E-state index is 0.0591. The molecule has 5 nitrogen and oxygen atoms in total. The van der Waals surface area contributed by atoms with Crippen molar-refractivity contribution in [2.24, 2.45) is 7.05 Å². The molecule has 0 N–H and O–H groups in total. The molecule has 0 radical (unpaired) electrons. The number of benzene rings is 2. The number of aromatic nitrogens is 3. The van der Waals surface area contributed by atoms with Crippen LogP contribution < -0.4 is 4.90 Å². The van der Waals surface area contributed by atoms with Gasteiger partial charge in [-0.2, -0.15) is 0 Å².